The molecule has 2 aromatic rings. The maximum atomic E-state index is 12.2. The van der Waals surface area contributed by atoms with Crippen molar-refractivity contribution in [1.82, 2.24) is 5.32 Å². The van der Waals surface area contributed by atoms with E-state index in [1.54, 1.807) is 6.92 Å². The van der Waals surface area contributed by atoms with Crippen molar-refractivity contribution in [2.75, 3.05) is 7.11 Å². The molecule has 0 aliphatic heterocycles. The lowest BCUT2D eigenvalue weighted by atomic mass is 10.1. The Balaban J connectivity index is 2.06. The molecule has 0 radical (unpaired) electrons. The zero-order valence-corrected chi connectivity index (χ0v) is 13.4. The minimum atomic E-state index is -4.76. The van der Waals surface area contributed by atoms with Crippen molar-refractivity contribution in [2.24, 2.45) is 0 Å². The van der Waals surface area contributed by atoms with E-state index in [1.807, 2.05) is 0 Å². The van der Waals surface area contributed by atoms with E-state index in [2.05, 4.69) is 10.1 Å². The van der Waals surface area contributed by atoms with Crippen LogP contribution in [0.5, 0.6) is 17.2 Å². The van der Waals surface area contributed by atoms with Crippen molar-refractivity contribution in [3.05, 3.63) is 53.6 Å². The van der Waals surface area contributed by atoms with Crippen LogP contribution in [0.4, 0.5) is 13.2 Å². The van der Waals surface area contributed by atoms with Crippen LogP contribution in [0.3, 0.4) is 0 Å². The summed E-state index contributed by atoms with van der Waals surface area (Å²) in [6, 6.07) is 8.92. The van der Waals surface area contributed by atoms with Gasteiger partial charge >= 0.3 is 6.36 Å². The normalized spacial score (nSPS) is 12.4. The largest absolute Gasteiger partial charge is 0.573 e. The molecule has 0 heterocycles. The van der Waals surface area contributed by atoms with E-state index in [0.717, 1.165) is 12.1 Å². The summed E-state index contributed by atoms with van der Waals surface area (Å²) < 4.78 is 45.2. The fourth-order valence-electron chi connectivity index (χ4n) is 2.15. The second kappa shape index (κ2) is 7.33. The molecule has 0 fully saturated rings. The molecule has 2 aromatic carbocycles. The van der Waals surface area contributed by atoms with E-state index in [-0.39, 0.29) is 17.1 Å². The summed E-state index contributed by atoms with van der Waals surface area (Å²) in [7, 11) is 1.43. The first-order valence-electron chi connectivity index (χ1n) is 7.23. The van der Waals surface area contributed by atoms with Gasteiger partial charge < -0.3 is 19.9 Å². The van der Waals surface area contributed by atoms with Gasteiger partial charge in [0.2, 0.25) is 0 Å². The molecule has 0 saturated heterocycles. The van der Waals surface area contributed by atoms with Crippen LogP contribution in [0.2, 0.25) is 0 Å². The maximum Gasteiger partial charge on any atom is 0.573 e. The van der Waals surface area contributed by atoms with Gasteiger partial charge in [-0.1, -0.05) is 12.1 Å². The van der Waals surface area contributed by atoms with Crippen LogP contribution in [0.1, 0.15) is 28.9 Å². The molecule has 0 aromatic heterocycles. The van der Waals surface area contributed by atoms with E-state index in [4.69, 9.17) is 4.74 Å². The Hall–Kier alpha value is -2.90. The monoisotopic (exact) mass is 355 g/mol. The van der Waals surface area contributed by atoms with Gasteiger partial charge in [0.05, 0.1) is 18.7 Å². The van der Waals surface area contributed by atoms with Crippen molar-refractivity contribution in [3.63, 3.8) is 0 Å². The number of hydrogen-bond donors (Lipinski definition) is 2. The molecule has 0 bridgehead atoms. The van der Waals surface area contributed by atoms with Crippen molar-refractivity contribution in [1.29, 1.82) is 0 Å². The van der Waals surface area contributed by atoms with E-state index in [1.165, 1.54) is 37.4 Å². The smallest absolute Gasteiger partial charge is 0.507 e. The molecule has 8 heteroatoms. The summed E-state index contributed by atoms with van der Waals surface area (Å²) in [5, 5.41) is 12.5. The van der Waals surface area contributed by atoms with Crippen molar-refractivity contribution < 1.29 is 32.5 Å². The third kappa shape index (κ3) is 5.03. The van der Waals surface area contributed by atoms with Gasteiger partial charge in [-0.05, 0) is 36.8 Å². The molecule has 1 unspecified atom stereocenters. The Labute approximate surface area is 142 Å². The van der Waals surface area contributed by atoms with Crippen LogP contribution in [-0.4, -0.2) is 24.5 Å². The lowest BCUT2D eigenvalue weighted by molar-refractivity contribution is -0.274. The predicted octanol–water partition coefficient (Wildman–Crippen LogP) is 3.79. The molecule has 1 atom stereocenters. The Morgan fingerprint density at radius 3 is 2.24 bits per heavy atom. The Morgan fingerprint density at radius 2 is 1.72 bits per heavy atom. The van der Waals surface area contributed by atoms with Crippen LogP contribution in [-0.2, 0) is 0 Å². The van der Waals surface area contributed by atoms with E-state index in [0.29, 0.717) is 11.3 Å². The van der Waals surface area contributed by atoms with Crippen LogP contribution in [0.15, 0.2) is 42.5 Å². The Bertz CT molecular complexity index is 745. The van der Waals surface area contributed by atoms with Crippen LogP contribution in [0, 0.1) is 0 Å². The first-order valence-corrected chi connectivity index (χ1v) is 7.23. The molecule has 5 nitrogen and oxygen atoms in total. The Morgan fingerprint density at radius 1 is 1.12 bits per heavy atom. The number of hydrogen-bond acceptors (Lipinski definition) is 4. The quantitative estimate of drug-likeness (QED) is 0.856. The average Bonchev–Trinajstić information content (AvgIpc) is 2.53. The molecule has 0 aliphatic carbocycles. The van der Waals surface area contributed by atoms with Crippen LogP contribution >= 0.6 is 0 Å². The molecule has 0 spiro atoms. The third-order valence-electron chi connectivity index (χ3n) is 3.41. The highest BCUT2D eigenvalue weighted by Gasteiger charge is 2.31. The highest BCUT2D eigenvalue weighted by Crippen LogP contribution is 2.26. The summed E-state index contributed by atoms with van der Waals surface area (Å²) >= 11 is 0. The number of benzene rings is 2. The lowest BCUT2D eigenvalue weighted by Gasteiger charge is -2.16. The fourth-order valence-corrected chi connectivity index (χ4v) is 2.15. The minimum absolute atomic E-state index is 0.0599. The van der Waals surface area contributed by atoms with Gasteiger partial charge in [-0.2, -0.15) is 0 Å². The van der Waals surface area contributed by atoms with Crippen molar-refractivity contribution in [2.45, 2.75) is 19.3 Å². The van der Waals surface area contributed by atoms with E-state index in [9.17, 15) is 23.1 Å². The number of amides is 1. The lowest BCUT2D eigenvalue weighted by Crippen LogP contribution is -2.26. The number of carbonyl (C=O) groups excluding carboxylic acids is 1. The second-order valence-corrected chi connectivity index (χ2v) is 5.20. The van der Waals surface area contributed by atoms with Gasteiger partial charge in [0.15, 0.2) is 0 Å². The van der Waals surface area contributed by atoms with Crippen molar-refractivity contribution >= 4 is 5.91 Å². The number of aromatic hydroxyl groups is 1. The second-order valence-electron chi connectivity index (χ2n) is 5.20. The molecule has 0 aliphatic rings. The van der Waals surface area contributed by atoms with Gasteiger partial charge in [-0.15, -0.1) is 13.2 Å². The number of halogens is 3. The summed E-state index contributed by atoms with van der Waals surface area (Å²) in [5.41, 5.74) is 0.639. The summed E-state index contributed by atoms with van der Waals surface area (Å²) in [5.74, 6) is -0.703. The van der Waals surface area contributed by atoms with Crippen LogP contribution < -0.4 is 14.8 Å². The molecular weight excluding hydrogens is 339 g/mol. The number of carbonyl (C=O) groups is 1. The summed E-state index contributed by atoms with van der Waals surface area (Å²) in [6.45, 7) is 1.66. The first-order chi connectivity index (χ1) is 11.7. The van der Waals surface area contributed by atoms with Gasteiger partial charge in [0.25, 0.3) is 5.91 Å². The predicted molar refractivity (Wildman–Crippen MR) is 83.7 cm³/mol. The topological polar surface area (TPSA) is 67.8 Å². The van der Waals surface area contributed by atoms with Gasteiger partial charge in [0.1, 0.15) is 17.2 Å². The highest BCUT2D eigenvalue weighted by atomic mass is 19.4. The number of rotatable bonds is 5. The standard InChI is InChI=1S/C17H16F3NO4/c1-10(11-3-5-12(6-4-11)25-17(18,19)20)21-16(23)14-8-7-13(24-2)9-15(14)22/h3-10,22H,1-2H3,(H,21,23). The maximum absolute atomic E-state index is 12.2. The molecule has 0 saturated carbocycles. The number of nitrogens with one attached hydrogen (secondary N) is 1. The SMILES string of the molecule is COc1ccc(C(=O)NC(C)c2ccc(OC(F)(F)F)cc2)c(O)c1. The first kappa shape index (κ1) is 18.4. The van der Waals surface area contributed by atoms with Gasteiger partial charge in [-0.25, -0.2) is 0 Å². The molecule has 134 valence electrons. The molecule has 2 N–H and O–H groups in total. The van der Waals surface area contributed by atoms with Gasteiger partial charge in [0, 0.05) is 6.07 Å². The minimum Gasteiger partial charge on any atom is -0.507 e. The number of phenols is 1. The average molecular weight is 355 g/mol. The van der Waals surface area contributed by atoms with E-state index >= 15 is 0 Å². The molecule has 2 rings (SSSR count). The number of methoxy groups -OCH3 is 1. The Kier molecular flexibility index (Phi) is 5.41. The zero-order chi connectivity index (χ0) is 18.6. The fraction of sp³-hybridized carbons (Fsp3) is 0.235. The molecular formula is C17H16F3NO4. The third-order valence-corrected chi connectivity index (χ3v) is 3.41. The summed E-state index contributed by atoms with van der Waals surface area (Å²) in [6.07, 6.45) is -4.76. The van der Waals surface area contributed by atoms with Crippen molar-refractivity contribution in [3.8, 4) is 17.2 Å². The molecule has 25 heavy (non-hydrogen) atoms. The van der Waals surface area contributed by atoms with E-state index < -0.39 is 18.3 Å². The summed E-state index contributed by atoms with van der Waals surface area (Å²) in [4.78, 5) is 12.2. The zero-order valence-electron chi connectivity index (χ0n) is 13.4. The molecule has 1 amide bonds. The highest BCUT2D eigenvalue weighted by molar-refractivity contribution is 5.97. The number of ether oxygens (including phenoxy) is 2. The van der Waals surface area contributed by atoms with Crippen LogP contribution in [0.25, 0.3) is 0 Å². The number of phenolic OH excluding ortho intramolecular Hbond substituents is 1. The number of alkyl halides is 3. The van der Waals surface area contributed by atoms with Gasteiger partial charge in [-0.3, -0.25) is 4.79 Å².